The molecule has 0 bridgehead atoms. The maximum atomic E-state index is 13.0. The van der Waals surface area contributed by atoms with Gasteiger partial charge in [-0.05, 0) is 36.8 Å². The van der Waals surface area contributed by atoms with Crippen LogP contribution in [0.1, 0.15) is 27.0 Å². The summed E-state index contributed by atoms with van der Waals surface area (Å²) in [6.07, 6.45) is -0.829. The quantitative estimate of drug-likeness (QED) is 0.327. The predicted molar refractivity (Wildman–Crippen MR) is 98.1 cm³/mol. The number of alkyl halides is 4. The lowest BCUT2D eigenvalue weighted by Crippen LogP contribution is -2.32. The van der Waals surface area contributed by atoms with Gasteiger partial charge in [0.15, 0.2) is 5.78 Å². The second kappa shape index (κ2) is 9.50. The number of halogens is 4. The van der Waals surface area contributed by atoms with Crippen molar-refractivity contribution in [3.05, 3.63) is 70.8 Å². The van der Waals surface area contributed by atoms with E-state index in [2.05, 4.69) is 0 Å². The third-order valence-corrected chi connectivity index (χ3v) is 3.91. The maximum Gasteiger partial charge on any atom is 0.330 e. The Labute approximate surface area is 160 Å². The fraction of sp³-hybridized carbons (Fsp3) is 0.286. The number of benzene rings is 2. The van der Waals surface area contributed by atoms with Crippen molar-refractivity contribution in [3.8, 4) is 5.75 Å². The number of aryl methyl sites for hydroxylation is 1. The van der Waals surface area contributed by atoms with Gasteiger partial charge in [0.05, 0.1) is 13.7 Å². The molecule has 0 saturated carbocycles. The van der Waals surface area contributed by atoms with E-state index in [1.807, 2.05) is 13.0 Å². The van der Waals surface area contributed by atoms with E-state index in [0.717, 1.165) is 5.56 Å². The molecule has 150 valence electrons. The first-order valence-corrected chi connectivity index (χ1v) is 8.42. The van der Waals surface area contributed by atoms with Crippen molar-refractivity contribution in [2.75, 3.05) is 13.7 Å². The van der Waals surface area contributed by atoms with Gasteiger partial charge in [-0.15, -0.1) is 0 Å². The highest BCUT2D eigenvalue weighted by Crippen LogP contribution is 2.26. The summed E-state index contributed by atoms with van der Waals surface area (Å²) >= 11 is 0. The average molecular weight is 396 g/mol. The molecule has 0 spiro atoms. The lowest BCUT2D eigenvalue weighted by atomic mass is 10.1. The number of ether oxygens (including phenoxy) is 2. The molecule has 0 aromatic heterocycles. The lowest BCUT2D eigenvalue weighted by molar-refractivity contribution is -0.168. The molecule has 0 radical (unpaired) electrons. The van der Waals surface area contributed by atoms with Crippen LogP contribution in [-0.4, -0.2) is 31.8 Å². The number of methoxy groups -OCH3 is 1. The highest BCUT2D eigenvalue weighted by Gasteiger charge is 2.40. The molecule has 0 fully saturated rings. The minimum absolute atomic E-state index is 0.186. The van der Waals surface area contributed by atoms with Gasteiger partial charge in [-0.1, -0.05) is 35.9 Å². The first kappa shape index (κ1) is 21.6. The number of allylic oxidation sites excluding steroid dienone is 1. The van der Waals surface area contributed by atoms with E-state index < -0.39 is 19.0 Å². The first-order chi connectivity index (χ1) is 13.2. The summed E-state index contributed by atoms with van der Waals surface area (Å²) in [6.45, 7) is 0.145. The van der Waals surface area contributed by atoms with Gasteiger partial charge in [-0.3, -0.25) is 4.79 Å². The molecule has 0 amide bonds. The Balaban J connectivity index is 2.10. The van der Waals surface area contributed by atoms with Crippen molar-refractivity contribution in [3.63, 3.8) is 0 Å². The highest BCUT2D eigenvalue weighted by atomic mass is 19.3. The minimum Gasteiger partial charge on any atom is -0.496 e. The Kier molecular flexibility index (Phi) is 7.34. The van der Waals surface area contributed by atoms with Gasteiger partial charge in [0, 0.05) is 11.1 Å². The summed E-state index contributed by atoms with van der Waals surface area (Å²) < 4.78 is 60.2. The van der Waals surface area contributed by atoms with Gasteiger partial charge >= 0.3 is 12.3 Å². The summed E-state index contributed by atoms with van der Waals surface area (Å²) in [5.74, 6) is -4.04. The Morgan fingerprint density at radius 2 is 1.93 bits per heavy atom. The van der Waals surface area contributed by atoms with Crippen LogP contribution in [0.2, 0.25) is 0 Å². The van der Waals surface area contributed by atoms with Crippen molar-refractivity contribution in [2.24, 2.45) is 0 Å². The third-order valence-electron chi connectivity index (χ3n) is 3.91. The standard InChI is InChI=1S/C21H20F4O3/c1-14-4-3-5-16(10-14)18(26)8-6-15-7-9-19(27-2)17(11-15)12-28-13-21(24,25)20(22)23/h3-11,20H,12-13H2,1-2H3/b8-6+. The molecule has 2 aromatic rings. The zero-order chi connectivity index (χ0) is 20.7. The van der Waals surface area contributed by atoms with Crippen molar-refractivity contribution in [1.82, 2.24) is 0 Å². The van der Waals surface area contributed by atoms with Crippen LogP contribution in [0, 0.1) is 6.92 Å². The van der Waals surface area contributed by atoms with E-state index in [1.165, 1.54) is 13.2 Å². The summed E-state index contributed by atoms with van der Waals surface area (Å²) in [5.41, 5.74) is 2.52. The lowest BCUT2D eigenvalue weighted by Gasteiger charge is -2.16. The number of carbonyl (C=O) groups excluding carboxylic acids is 1. The molecule has 7 heteroatoms. The molecule has 0 unspecified atom stereocenters. The Morgan fingerprint density at radius 3 is 2.57 bits per heavy atom. The van der Waals surface area contributed by atoms with E-state index in [4.69, 9.17) is 9.47 Å². The molecule has 0 aliphatic rings. The summed E-state index contributed by atoms with van der Waals surface area (Å²) in [6, 6.07) is 12.0. The van der Waals surface area contributed by atoms with E-state index in [1.54, 1.807) is 42.5 Å². The molecule has 0 aliphatic heterocycles. The smallest absolute Gasteiger partial charge is 0.330 e. The van der Waals surface area contributed by atoms with Crippen LogP contribution in [0.5, 0.6) is 5.75 Å². The number of hydrogen-bond donors (Lipinski definition) is 0. The normalized spacial score (nSPS) is 12.0. The van der Waals surface area contributed by atoms with E-state index in [9.17, 15) is 22.4 Å². The number of rotatable bonds is 9. The predicted octanol–water partition coefficient (Wildman–Crippen LogP) is 5.32. The van der Waals surface area contributed by atoms with E-state index >= 15 is 0 Å². The van der Waals surface area contributed by atoms with Crippen molar-refractivity contribution in [2.45, 2.75) is 25.9 Å². The fourth-order valence-corrected chi connectivity index (χ4v) is 2.44. The van der Waals surface area contributed by atoms with Gasteiger partial charge in [-0.2, -0.15) is 8.78 Å². The van der Waals surface area contributed by atoms with Gasteiger partial charge in [0.2, 0.25) is 0 Å². The minimum atomic E-state index is -4.22. The first-order valence-electron chi connectivity index (χ1n) is 8.42. The molecule has 3 nitrogen and oxygen atoms in total. The molecule has 28 heavy (non-hydrogen) atoms. The zero-order valence-corrected chi connectivity index (χ0v) is 15.4. The molecular weight excluding hydrogens is 376 g/mol. The maximum absolute atomic E-state index is 13.0. The second-order valence-electron chi connectivity index (χ2n) is 6.19. The molecule has 0 N–H and O–H groups in total. The van der Waals surface area contributed by atoms with Crippen LogP contribution >= 0.6 is 0 Å². The molecule has 2 rings (SSSR count). The molecule has 0 heterocycles. The van der Waals surface area contributed by atoms with Gasteiger partial charge in [0.1, 0.15) is 12.4 Å². The van der Waals surface area contributed by atoms with Crippen LogP contribution < -0.4 is 4.74 Å². The third kappa shape index (κ3) is 5.92. The number of ketones is 1. The van der Waals surface area contributed by atoms with Crippen molar-refractivity contribution in [1.29, 1.82) is 0 Å². The van der Waals surface area contributed by atoms with Crippen LogP contribution in [0.3, 0.4) is 0 Å². The van der Waals surface area contributed by atoms with Crippen molar-refractivity contribution >= 4 is 11.9 Å². The van der Waals surface area contributed by atoms with E-state index in [-0.39, 0.29) is 12.4 Å². The number of hydrogen-bond acceptors (Lipinski definition) is 3. The monoisotopic (exact) mass is 396 g/mol. The molecular formula is C21H20F4O3. The SMILES string of the molecule is COc1ccc(/C=C/C(=O)c2cccc(C)c2)cc1COCC(F)(F)C(F)F. The largest absolute Gasteiger partial charge is 0.496 e. The summed E-state index contributed by atoms with van der Waals surface area (Å²) in [4.78, 5) is 12.2. The van der Waals surface area contributed by atoms with Crippen LogP contribution in [0.4, 0.5) is 17.6 Å². The van der Waals surface area contributed by atoms with Gasteiger partial charge < -0.3 is 9.47 Å². The van der Waals surface area contributed by atoms with Crippen LogP contribution in [-0.2, 0) is 11.3 Å². The Morgan fingerprint density at radius 1 is 1.18 bits per heavy atom. The van der Waals surface area contributed by atoms with Gasteiger partial charge in [0.25, 0.3) is 0 Å². The summed E-state index contributed by atoms with van der Waals surface area (Å²) in [5, 5.41) is 0. The number of carbonyl (C=O) groups is 1. The topological polar surface area (TPSA) is 35.5 Å². The molecule has 0 saturated heterocycles. The summed E-state index contributed by atoms with van der Waals surface area (Å²) in [7, 11) is 1.39. The van der Waals surface area contributed by atoms with Gasteiger partial charge in [-0.25, -0.2) is 8.78 Å². The Bertz CT molecular complexity index is 847. The Hall–Kier alpha value is -2.67. The second-order valence-corrected chi connectivity index (χ2v) is 6.19. The zero-order valence-electron chi connectivity index (χ0n) is 15.4. The fourth-order valence-electron chi connectivity index (χ4n) is 2.44. The van der Waals surface area contributed by atoms with Crippen molar-refractivity contribution < 1.29 is 31.8 Å². The highest BCUT2D eigenvalue weighted by molar-refractivity contribution is 6.06. The molecule has 0 aliphatic carbocycles. The molecule has 0 atom stereocenters. The van der Waals surface area contributed by atoms with Crippen LogP contribution in [0.15, 0.2) is 48.5 Å². The van der Waals surface area contributed by atoms with E-state index in [0.29, 0.717) is 22.4 Å². The van der Waals surface area contributed by atoms with Crippen LogP contribution in [0.25, 0.3) is 6.08 Å². The average Bonchev–Trinajstić information content (AvgIpc) is 2.66. The molecule has 2 aromatic carbocycles.